The van der Waals surface area contributed by atoms with Gasteiger partial charge in [0.2, 0.25) is 11.8 Å². The highest BCUT2D eigenvalue weighted by atomic mass is 127. The largest absolute Gasteiger partial charge is 0.458 e. The topological polar surface area (TPSA) is 185 Å². The summed E-state index contributed by atoms with van der Waals surface area (Å²) in [5.74, 6) is 1.02. The van der Waals surface area contributed by atoms with E-state index in [1.165, 1.54) is 11.1 Å². The highest BCUT2D eigenvalue weighted by Crippen LogP contribution is 2.40. The first kappa shape index (κ1) is 27.9. The van der Waals surface area contributed by atoms with Crippen LogP contribution < -0.4 is 10.6 Å². The highest BCUT2D eigenvalue weighted by molar-refractivity contribution is 14.1. The molecular formula is C25H27IN12O4. The van der Waals surface area contributed by atoms with E-state index in [1.54, 1.807) is 17.9 Å². The normalized spacial score (nSPS) is 20.2. The third-order valence-electron chi connectivity index (χ3n) is 6.67. The predicted octanol–water partition coefficient (Wildman–Crippen LogP) is 1.13. The number of fused-ring (bicyclic) bond motifs is 1. The van der Waals surface area contributed by atoms with Crippen LogP contribution in [0, 0.1) is 3.57 Å². The van der Waals surface area contributed by atoms with Crippen LogP contribution in [-0.2, 0) is 41.3 Å². The van der Waals surface area contributed by atoms with Crippen LogP contribution in [0.5, 0.6) is 0 Å². The number of benzene rings is 1. The number of nitrogens with zero attached hydrogens (tertiary/aromatic N) is 10. The monoisotopic (exact) mass is 686 g/mol. The Morgan fingerprint density at radius 3 is 2.81 bits per heavy atom. The summed E-state index contributed by atoms with van der Waals surface area (Å²) in [5, 5.41) is 29.8. The molecule has 4 aromatic heterocycles. The van der Waals surface area contributed by atoms with Gasteiger partial charge in [-0.3, -0.25) is 9.36 Å². The molecule has 5 heterocycles. The molecule has 0 aliphatic carbocycles. The fourth-order valence-corrected chi connectivity index (χ4v) is 5.36. The van der Waals surface area contributed by atoms with Gasteiger partial charge in [0.1, 0.15) is 6.10 Å². The fraction of sp³-hybridized carbons (Fsp3) is 0.360. The van der Waals surface area contributed by atoms with Crippen molar-refractivity contribution in [3.63, 3.8) is 0 Å². The molecule has 16 nitrogen and oxygen atoms in total. The Morgan fingerprint density at radius 1 is 1.19 bits per heavy atom. The van der Waals surface area contributed by atoms with E-state index in [2.05, 4.69) is 64.7 Å². The van der Waals surface area contributed by atoms with Crippen molar-refractivity contribution < 1.29 is 19.4 Å². The number of carbonyl (C=O) groups excluding carboxylic acids is 1. The number of nitrogens with one attached hydrogen (secondary N) is 2. The summed E-state index contributed by atoms with van der Waals surface area (Å²) in [5.41, 5.74) is 2.87. The molecule has 1 aromatic carbocycles. The fourth-order valence-electron chi connectivity index (χ4n) is 4.75. The molecule has 3 N–H and O–H groups in total. The number of tetrazole rings is 1. The third kappa shape index (κ3) is 5.74. The third-order valence-corrected chi connectivity index (χ3v) is 7.34. The molecule has 1 fully saturated rings. The summed E-state index contributed by atoms with van der Waals surface area (Å²) in [7, 11) is 3.52. The van der Waals surface area contributed by atoms with E-state index in [0.29, 0.717) is 42.4 Å². The minimum absolute atomic E-state index is 0.168. The molecule has 6 rings (SSSR count). The van der Waals surface area contributed by atoms with Gasteiger partial charge in [0.05, 0.1) is 25.4 Å². The zero-order chi connectivity index (χ0) is 29.2. The molecule has 17 heteroatoms. The van der Waals surface area contributed by atoms with E-state index in [4.69, 9.17) is 19.4 Å². The average molecular weight is 686 g/mol. The lowest BCUT2D eigenvalue weighted by atomic mass is 10.1. The smallest absolute Gasteiger partial charge is 0.293 e. The molecule has 0 unspecified atom stereocenters. The Kier molecular flexibility index (Phi) is 7.94. The van der Waals surface area contributed by atoms with E-state index >= 15 is 0 Å². The summed E-state index contributed by atoms with van der Waals surface area (Å²) >= 11 is 2.27. The van der Waals surface area contributed by atoms with Gasteiger partial charge in [-0.15, -0.1) is 10.2 Å². The first-order valence-electron chi connectivity index (χ1n) is 13.0. The van der Waals surface area contributed by atoms with Crippen molar-refractivity contribution in [2.45, 2.75) is 37.5 Å². The van der Waals surface area contributed by atoms with Crippen LogP contribution in [0.4, 0.5) is 11.8 Å². The van der Waals surface area contributed by atoms with Gasteiger partial charge in [0, 0.05) is 36.3 Å². The SMILES string of the molecule is Cn1cnc(CCNc2nc(NCc3cccc(I)c3)c3ncn([C@@H]4O[C@H](c5nnn(C)n5)[C@@H](OC=O)[C@H]4O)c3n2)c1. The van der Waals surface area contributed by atoms with Crippen LogP contribution in [-0.4, -0.2) is 79.6 Å². The van der Waals surface area contributed by atoms with E-state index in [1.807, 2.05) is 36.0 Å². The number of imidazole rings is 2. The predicted molar refractivity (Wildman–Crippen MR) is 156 cm³/mol. The number of aliphatic hydroxyl groups excluding tert-OH is 1. The molecule has 5 aromatic rings. The van der Waals surface area contributed by atoms with Gasteiger partial charge < -0.3 is 29.8 Å². The second kappa shape index (κ2) is 11.9. The molecule has 4 atom stereocenters. The van der Waals surface area contributed by atoms with Crippen LogP contribution in [0.15, 0.2) is 43.1 Å². The number of carbonyl (C=O) groups is 1. The average Bonchev–Trinajstić information content (AvgIpc) is 3.76. The first-order valence-corrected chi connectivity index (χ1v) is 14.1. The maximum atomic E-state index is 11.3. The van der Waals surface area contributed by atoms with Gasteiger partial charge in [-0.1, -0.05) is 12.1 Å². The summed E-state index contributed by atoms with van der Waals surface area (Å²) < 4.78 is 15.9. The van der Waals surface area contributed by atoms with E-state index < -0.39 is 24.5 Å². The Hall–Kier alpha value is -4.23. The lowest BCUT2D eigenvalue weighted by Gasteiger charge is -2.18. The number of ether oxygens (including phenoxy) is 2. The molecule has 1 saturated heterocycles. The zero-order valence-electron chi connectivity index (χ0n) is 22.6. The molecule has 1 aliphatic heterocycles. The van der Waals surface area contributed by atoms with E-state index in [9.17, 15) is 9.90 Å². The summed E-state index contributed by atoms with van der Waals surface area (Å²) in [4.78, 5) is 30.9. The highest BCUT2D eigenvalue weighted by Gasteiger charge is 2.49. The Labute approximate surface area is 252 Å². The van der Waals surface area contributed by atoms with Gasteiger partial charge in [-0.05, 0) is 45.5 Å². The minimum atomic E-state index is -1.28. The van der Waals surface area contributed by atoms with Crippen LogP contribution in [0.25, 0.3) is 11.2 Å². The minimum Gasteiger partial charge on any atom is -0.458 e. The number of rotatable bonds is 11. The van der Waals surface area contributed by atoms with Crippen molar-refractivity contribution in [1.82, 2.24) is 49.3 Å². The molecular weight excluding hydrogens is 659 g/mol. The molecule has 0 saturated carbocycles. The number of anilines is 2. The van der Waals surface area contributed by atoms with Crippen molar-refractivity contribution in [1.29, 1.82) is 0 Å². The van der Waals surface area contributed by atoms with Crippen molar-refractivity contribution in [3.05, 3.63) is 63.8 Å². The van der Waals surface area contributed by atoms with Crippen molar-refractivity contribution in [2.24, 2.45) is 14.1 Å². The van der Waals surface area contributed by atoms with Gasteiger partial charge in [0.15, 0.2) is 35.4 Å². The number of hydrogen-bond acceptors (Lipinski definition) is 13. The quantitative estimate of drug-likeness (QED) is 0.133. The Morgan fingerprint density at radius 2 is 2.07 bits per heavy atom. The lowest BCUT2D eigenvalue weighted by Crippen LogP contribution is -2.31. The number of aryl methyl sites for hydroxylation is 2. The van der Waals surface area contributed by atoms with Gasteiger partial charge in [0.25, 0.3) is 6.47 Å². The maximum Gasteiger partial charge on any atom is 0.293 e. The second-order valence-corrected chi connectivity index (χ2v) is 10.9. The molecule has 0 bridgehead atoms. The molecule has 42 heavy (non-hydrogen) atoms. The van der Waals surface area contributed by atoms with Gasteiger partial charge in [-0.2, -0.15) is 14.8 Å². The number of aliphatic hydroxyl groups is 1. The zero-order valence-corrected chi connectivity index (χ0v) is 24.7. The molecule has 0 spiro atoms. The lowest BCUT2D eigenvalue weighted by molar-refractivity contribution is -0.140. The van der Waals surface area contributed by atoms with E-state index in [-0.39, 0.29) is 12.3 Å². The molecule has 218 valence electrons. The van der Waals surface area contributed by atoms with Crippen LogP contribution in [0.2, 0.25) is 0 Å². The van der Waals surface area contributed by atoms with Crippen LogP contribution in [0.1, 0.15) is 29.4 Å². The Balaban J connectivity index is 1.32. The summed E-state index contributed by atoms with van der Waals surface area (Å²) in [6, 6.07) is 8.12. The Bertz CT molecular complexity index is 1700. The summed E-state index contributed by atoms with van der Waals surface area (Å²) in [6.45, 7) is 1.29. The second-order valence-electron chi connectivity index (χ2n) is 9.68. The van der Waals surface area contributed by atoms with Crippen LogP contribution in [0.3, 0.4) is 0 Å². The van der Waals surface area contributed by atoms with Gasteiger partial charge in [-0.25, -0.2) is 9.97 Å². The van der Waals surface area contributed by atoms with Crippen LogP contribution >= 0.6 is 22.6 Å². The number of hydrogen-bond donors (Lipinski definition) is 3. The van der Waals surface area contributed by atoms with Crippen molar-refractivity contribution in [3.8, 4) is 0 Å². The molecule has 1 aliphatic rings. The molecule has 0 radical (unpaired) electrons. The summed E-state index contributed by atoms with van der Waals surface area (Å²) in [6.07, 6.45) is 1.53. The molecule has 0 amide bonds. The maximum absolute atomic E-state index is 11.3. The number of aromatic nitrogens is 10. The van der Waals surface area contributed by atoms with Gasteiger partial charge >= 0.3 is 0 Å². The first-order chi connectivity index (χ1) is 20.4. The number of halogens is 1. The van der Waals surface area contributed by atoms with Crippen molar-refractivity contribution >= 4 is 52.0 Å². The van der Waals surface area contributed by atoms with E-state index in [0.717, 1.165) is 14.8 Å². The van der Waals surface area contributed by atoms with Crippen molar-refractivity contribution in [2.75, 3.05) is 17.2 Å². The standard InChI is InChI=1S/C25H27IN12O4/c1-36-10-16(29-11-36)6-7-27-25-31-21(28-9-14-4-3-5-15(26)8-14)17-23(32-25)38(12-30-17)24-18(40)19(41-13-39)20(42-24)22-33-35-37(2)34-22/h3-5,8,10-13,18-20,24,40H,6-7,9H2,1-2H3,(H2,27,28,31,32)/t18-,19+,20+,24-/m1/s1.